The first-order valence-corrected chi connectivity index (χ1v) is 16.4. The van der Waals surface area contributed by atoms with Crippen LogP contribution in [-0.4, -0.2) is 18.2 Å². The van der Waals surface area contributed by atoms with Crippen molar-refractivity contribution in [3.05, 3.63) is 0 Å². The zero-order valence-corrected chi connectivity index (χ0v) is 20.7. The molecule has 0 aromatic rings. The number of hydrogen-bond donors (Lipinski definition) is 0. The number of hydrogen-bond acceptors (Lipinski definition) is 2. The van der Waals surface area contributed by atoms with Crippen LogP contribution >= 0.6 is 33.2 Å². The van der Waals surface area contributed by atoms with Gasteiger partial charge >= 0.3 is 12.0 Å². The Balaban J connectivity index is 3.14. The van der Waals surface area contributed by atoms with Gasteiger partial charge in [-0.2, -0.15) is 0 Å². The second-order valence-corrected chi connectivity index (χ2v) is 16.7. The van der Waals surface area contributed by atoms with Crippen molar-refractivity contribution >= 4 is 45.2 Å². The van der Waals surface area contributed by atoms with Gasteiger partial charge in [-0.1, -0.05) is 110 Å². The van der Waals surface area contributed by atoms with Crippen molar-refractivity contribution in [3.63, 3.8) is 0 Å². The van der Waals surface area contributed by atoms with E-state index in [1.807, 2.05) is 0 Å². The summed E-state index contributed by atoms with van der Waals surface area (Å²) in [4.78, 5) is 11.5. The minimum Gasteiger partial charge on any atom is -0.465 e. The maximum absolute atomic E-state index is 11.5. The van der Waals surface area contributed by atoms with E-state index in [0.29, 0.717) is 6.42 Å². The first kappa shape index (κ1) is 27.6. The molecule has 0 spiro atoms. The molecule has 2 nitrogen and oxygen atoms in total. The van der Waals surface area contributed by atoms with E-state index in [4.69, 9.17) is 38.0 Å². The Morgan fingerprint density at radius 3 is 1.30 bits per heavy atom. The maximum atomic E-state index is 11.5. The molecule has 0 N–H and O–H groups in total. The molecule has 0 bridgehead atoms. The molecule has 0 aliphatic heterocycles. The SMILES string of the molecule is CCCCCCCCCCCCCCCCCCCC(=O)OC[Si](Cl)(Cl)Cl. The Kier molecular flexibility index (Phi) is 20.3. The maximum Gasteiger partial charge on any atom is 0.378 e. The minimum atomic E-state index is -2.84. The topological polar surface area (TPSA) is 26.3 Å². The molecule has 0 saturated heterocycles. The lowest BCUT2D eigenvalue weighted by Crippen LogP contribution is -2.22. The van der Waals surface area contributed by atoms with Crippen molar-refractivity contribution in [2.75, 3.05) is 6.23 Å². The Hall–Kier alpha value is 0.557. The lowest BCUT2D eigenvalue weighted by molar-refractivity contribution is -0.141. The highest BCUT2D eigenvalue weighted by atomic mass is 35.8. The molecule has 162 valence electrons. The van der Waals surface area contributed by atoms with Crippen LogP contribution in [0.15, 0.2) is 0 Å². The van der Waals surface area contributed by atoms with Gasteiger partial charge in [-0.25, -0.2) is 0 Å². The summed E-state index contributed by atoms with van der Waals surface area (Å²) in [6.45, 7) is 2.28. The number of carbonyl (C=O) groups excluding carboxylic acids is 1. The van der Waals surface area contributed by atoms with Crippen LogP contribution < -0.4 is 0 Å². The van der Waals surface area contributed by atoms with Gasteiger partial charge < -0.3 is 4.74 Å². The third kappa shape index (κ3) is 24.5. The standard InChI is InChI=1S/C21H41Cl3O2Si/c1-2-3-4-5-6-7-8-9-10-11-12-13-14-15-16-17-18-19-21(25)26-20-27(22,23)24/h2-20H2,1H3. The van der Waals surface area contributed by atoms with Gasteiger partial charge in [0.1, 0.15) is 6.23 Å². The largest absolute Gasteiger partial charge is 0.465 e. The normalized spacial score (nSPS) is 11.7. The monoisotopic (exact) mass is 458 g/mol. The molecule has 0 unspecified atom stereocenters. The predicted octanol–water partition coefficient (Wildman–Crippen LogP) is 8.77. The van der Waals surface area contributed by atoms with Crippen molar-refractivity contribution in [2.24, 2.45) is 0 Å². The van der Waals surface area contributed by atoms with E-state index in [2.05, 4.69) is 6.92 Å². The Labute approximate surface area is 183 Å². The van der Waals surface area contributed by atoms with Gasteiger partial charge in [0.25, 0.3) is 0 Å². The highest BCUT2D eigenvalue weighted by Crippen LogP contribution is 2.20. The Bertz CT molecular complexity index is 336. The van der Waals surface area contributed by atoms with E-state index in [0.717, 1.165) is 12.8 Å². The van der Waals surface area contributed by atoms with Crippen molar-refractivity contribution in [2.45, 2.75) is 122 Å². The third-order valence-electron chi connectivity index (χ3n) is 4.88. The molecular formula is C21H41Cl3O2Si. The molecule has 0 aliphatic carbocycles. The van der Waals surface area contributed by atoms with Crippen LogP contribution in [0, 0.1) is 0 Å². The average molecular weight is 460 g/mol. The molecule has 0 atom stereocenters. The fourth-order valence-electron chi connectivity index (χ4n) is 3.23. The molecule has 0 fully saturated rings. The summed E-state index contributed by atoms with van der Waals surface area (Å²) in [6.07, 6.45) is 23.0. The Morgan fingerprint density at radius 2 is 0.963 bits per heavy atom. The Morgan fingerprint density at radius 1 is 0.630 bits per heavy atom. The minimum absolute atomic E-state index is 0.0323. The summed E-state index contributed by atoms with van der Waals surface area (Å²) < 4.78 is 4.96. The van der Waals surface area contributed by atoms with Gasteiger partial charge in [-0.15, -0.1) is 33.2 Å². The van der Waals surface area contributed by atoms with Crippen molar-refractivity contribution in [1.29, 1.82) is 0 Å². The summed E-state index contributed by atoms with van der Waals surface area (Å²) >= 11 is 17.0. The fraction of sp³-hybridized carbons (Fsp3) is 0.952. The molecule has 0 radical (unpaired) electrons. The third-order valence-corrected chi connectivity index (χ3v) is 6.33. The molecule has 0 aromatic carbocycles. The first-order chi connectivity index (χ1) is 13.0. The zero-order valence-electron chi connectivity index (χ0n) is 17.4. The summed E-state index contributed by atoms with van der Waals surface area (Å²) in [5, 5.41) is 0. The number of esters is 1. The molecule has 27 heavy (non-hydrogen) atoms. The highest BCUT2D eigenvalue weighted by molar-refractivity contribution is 7.64. The predicted molar refractivity (Wildman–Crippen MR) is 123 cm³/mol. The van der Waals surface area contributed by atoms with Crippen LogP contribution in [0.3, 0.4) is 0 Å². The summed E-state index contributed by atoms with van der Waals surface area (Å²) in [5.74, 6) is -0.241. The number of halogens is 3. The fourth-order valence-corrected chi connectivity index (χ4v) is 4.04. The molecule has 0 aromatic heterocycles. The number of carbonyl (C=O) groups is 1. The van der Waals surface area contributed by atoms with Gasteiger partial charge in [-0.05, 0) is 6.42 Å². The van der Waals surface area contributed by atoms with Gasteiger partial charge in [-0.3, -0.25) is 4.79 Å². The van der Waals surface area contributed by atoms with Crippen molar-refractivity contribution in [3.8, 4) is 0 Å². The molecular weight excluding hydrogens is 419 g/mol. The zero-order chi connectivity index (χ0) is 20.2. The van der Waals surface area contributed by atoms with E-state index in [9.17, 15) is 4.79 Å². The van der Waals surface area contributed by atoms with Crippen LogP contribution in [0.25, 0.3) is 0 Å². The second-order valence-electron chi connectivity index (χ2n) is 7.68. The van der Waals surface area contributed by atoms with Gasteiger partial charge in [0.05, 0.1) is 0 Å². The lowest BCUT2D eigenvalue weighted by atomic mass is 10.0. The van der Waals surface area contributed by atoms with E-state index < -0.39 is 6.00 Å². The van der Waals surface area contributed by atoms with Crippen molar-refractivity contribution in [1.82, 2.24) is 0 Å². The van der Waals surface area contributed by atoms with E-state index in [-0.39, 0.29) is 12.2 Å². The molecule has 0 saturated carbocycles. The van der Waals surface area contributed by atoms with Crippen LogP contribution in [0.4, 0.5) is 0 Å². The van der Waals surface area contributed by atoms with E-state index >= 15 is 0 Å². The first-order valence-electron chi connectivity index (χ1n) is 11.2. The van der Waals surface area contributed by atoms with E-state index in [1.54, 1.807) is 0 Å². The second kappa shape index (κ2) is 19.9. The molecule has 6 heteroatoms. The van der Waals surface area contributed by atoms with E-state index in [1.165, 1.54) is 96.3 Å². The van der Waals surface area contributed by atoms with Gasteiger partial charge in [0.2, 0.25) is 0 Å². The van der Waals surface area contributed by atoms with Gasteiger partial charge in [0, 0.05) is 6.42 Å². The van der Waals surface area contributed by atoms with Crippen molar-refractivity contribution < 1.29 is 9.53 Å². The van der Waals surface area contributed by atoms with Crippen LogP contribution in [0.5, 0.6) is 0 Å². The van der Waals surface area contributed by atoms with Gasteiger partial charge in [0.15, 0.2) is 0 Å². The van der Waals surface area contributed by atoms with Crippen LogP contribution in [-0.2, 0) is 9.53 Å². The molecule has 0 amide bonds. The average Bonchev–Trinajstić information content (AvgIpc) is 2.62. The number of unbranched alkanes of at least 4 members (excludes halogenated alkanes) is 16. The van der Waals surface area contributed by atoms with Crippen LogP contribution in [0.1, 0.15) is 122 Å². The quantitative estimate of drug-likeness (QED) is 0.0786. The number of ether oxygens (including phenoxy) is 1. The summed E-state index contributed by atoms with van der Waals surface area (Å²) in [5.41, 5.74) is 0. The smallest absolute Gasteiger partial charge is 0.378 e. The highest BCUT2D eigenvalue weighted by Gasteiger charge is 2.27. The summed E-state index contributed by atoms with van der Waals surface area (Å²) in [7, 11) is 0. The molecule has 0 heterocycles. The van der Waals surface area contributed by atoms with Crippen LogP contribution in [0.2, 0.25) is 0 Å². The lowest BCUT2D eigenvalue weighted by Gasteiger charge is -2.08. The summed E-state index contributed by atoms with van der Waals surface area (Å²) in [6, 6.07) is -2.84. The molecule has 0 rings (SSSR count). The molecule has 0 aliphatic rings. The number of rotatable bonds is 20.